The molecule has 0 saturated heterocycles. The number of ketones is 1. The summed E-state index contributed by atoms with van der Waals surface area (Å²) < 4.78 is 25.8. The molecular weight excluding hydrogens is 210 g/mol. The predicted octanol–water partition coefficient (Wildman–Crippen LogP) is 3.29. The second-order valence-electron chi connectivity index (χ2n) is 3.98. The van der Waals surface area contributed by atoms with Crippen LogP contribution >= 0.6 is 0 Å². The first-order valence-corrected chi connectivity index (χ1v) is 5.14. The minimum atomic E-state index is -0.675. The van der Waals surface area contributed by atoms with E-state index in [4.69, 9.17) is 0 Å². The number of carbonyl (C=O) groups is 1. The van der Waals surface area contributed by atoms with Crippen LogP contribution in [-0.4, -0.2) is 5.78 Å². The normalized spacial score (nSPS) is 11.3. The van der Waals surface area contributed by atoms with Crippen LogP contribution in [0.4, 0.5) is 8.78 Å². The average molecular weight is 224 g/mol. The topological polar surface area (TPSA) is 17.1 Å². The third kappa shape index (κ3) is 3.93. The standard InChI is InChI=1S/C13H14F2O/c1-9(2)3-6-12(16)7-10-4-5-11(14)8-13(10)15/h3-6,8-9H,7H2,1-2H3/b6-3+. The van der Waals surface area contributed by atoms with Gasteiger partial charge in [0.25, 0.3) is 0 Å². The lowest BCUT2D eigenvalue weighted by molar-refractivity contribution is -0.114. The molecule has 0 amide bonds. The summed E-state index contributed by atoms with van der Waals surface area (Å²) in [4.78, 5) is 11.4. The highest BCUT2D eigenvalue weighted by atomic mass is 19.1. The zero-order chi connectivity index (χ0) is 12.1. The second-order valence-corrected chi connectivity index (χ2v) is 3.98. The quantitative estimate of drug-likeness (QED) is 0.717. The number of hydrogen-bond donors (Lipinski definition) is 0. The molecular formula is C13H14F2O. The van der Waals surface area contributed by atoms with Crippen molar-refractivity contribution in [1.29, 1.82) is 0 Å². The van der Waals surface area contributed by atoms with Gasteiger partial charge in [-0.1, -0.05) is 26.0 Å². The van der Waals surface area contributed by atoms with E-state index in [9.17, 15) is 13.6 Å². The van der Waals surface area contributed by atoms with E-state index in [1.807, 2.05) is 13.8 Å². The van der Waals surface area contributed by atoms with Gasteiger partial charge in [0, 0.05) is 12.5 Å². The molecule has 3 heteroatoms. The Bertz CT molecular complexity index is 408. The van der Waals surface area contributed by atoms with Crippen molar-refractivity contribution in [1.82, 2.24) is 0 Å². The molecule has 1 aromatic carbocycles. The molecule has 1 rings (SSSR count). The van der Waals surface area contributed by atoms with E-state index >= 15 is 0 Å². The van der Waals surface area contributed by atoms with Crippen molar-refractivity contribution >= 4 is 5.78 Å². The Balaban J connectivity index is 2.70. The Morgan fingerprint density at radius 3 is 2.62 bits per heavy atom. The molecule has 0 heterocycles. The first-order valence-electron chi connectivity index (χ1n) is 5.14. The molecule has 0 aliphatic carbocycles. The van der Waals surface area contributed by atoms with Gasteiger partial charge in [0.15, 0.2) is 5.78 Å². The predicted molar refractivity (Wildman–Crippen MR) is 59.0 cm³/mol. The zero-order valence-electron chi connectivity index (χ0n) is 9.34. The molecule has 0 atom stereocenters. The van der Waals surface area contributed by atoms with E-state index in [-0.39, 0.29) is 23.7 Å². The largest absolute Gasteiger partial charge is 0.294 e. The maximum atomic E-state index is 13.2. The van der Waals surface area contributed by atoms with Crippen LogP contribution < -0.4 is 0 Å². The van der Waals surface area contributed by atoms with E-state index in [0.29, 0.717) is 0 Å². The molecule has 0 fully saturated rings. The number of carbonyl (C=O) groups excluding carboxylic acids is 1. The van der Waals surface area contributed by atoms with Gasteiger partial charge < -0.3 is 0 Å². The van der Waals surface area contributed by atoms with E-state index in [1.165, 1.54) is 12.1 Å². The fourth-order valence-electron chi connectivity index (χ4n) is 1.21. The summed E-state index contributed by atoms with van der Waals surface area (Å²) >= 11 is 0. The molecule has 0 N–H and O–H groups in total. The number of benzene rings is 1. The molecule has 0 spiro atoms. The Hall–Kier alpha value is -1.51. The van der Waals surface area contributed by atoms with Gasteiger partial charge in [0.05, 0.1) is 0 Å². The van der Waals surface area contributed by atoms with Gasteiger partial charge in [-0.05, 0) is 23.6 Å². The summed E-state index contributed by atoms with van der Waals surface area (Å²) in [5, 5.41) is 0. The van der Waals surface area contributed by atoms with Crippen LogP contribution in [0.2, 0.25) is 0 Å². The molecule has 0 aromatic heterocycles. The average Bonchev–Trinajstić information content (AvgIpc) is 2.19. The second kappa shape index (κ2) is 5.54. The maximum Gasteiger partial charge on any atom is 0.159 e. The van der Waals surface area contributed by atoms with Crippen molar-refractivity contribution in [3.63, 3.8) is 0 Å². The molecule has 0 aliphatic rings. The van der Waals surface area contributed by atoms with E-state index < -0.39 is 11.6 Å². The number of hydrogen-bond acceptors (Lipinski definition) is 1. The summed E-state index contributed by atoms with van der Waals surface area (Å²) in [7, 11) is 0. The first kappa shape index (κ1) is 12.6. The minimum Gasteiger partial charge on any atom is -0.294 e. The molecule has 1 nitrogen and oxygen atoms in total. The molecule has 1 aromatic rings. The summed E-state index contributed by atoms with van der Waals surface area (Å²) in [5.41, 5.74) is 0.222. The molecule has 0 unspecified atom stereocenters. The van der Waals surface area contributed by atoms with Crippen molar-refractivity contribution in [3.05, 3.63) is 47.5 Å². The summed E-state index contributed by atoms with van der Waals surface area (Å²) in [6, 6.07) is 3.23. The first-order chi connectivity index (χ1) is 7.49. The zero-order valence-corrected chi connectivity index (χ0v) is 9.34. The van der Waals surface area contributed by atoms with E-state index in [2.05, 4.69) is 0 Å². The SMILES string of the molecule is CC(C)/C=C/C(=O)Cc1ccc(F)cc1F. The minimum absolute atomic E-state index is 0.0324. The molecule has 0 saturated carbocycles. The number of allylic oxidation sites excluding steroid dienone is 2. The fourth-order valence-corrected chi connectivity index (χ4v) is 1.21. The van der Waals surface area contributed by atoms with E-state index in [1.54, 1.807) is 6.08 Å². The van der Waals surface area contributed by atoms with Gasteiger partial charge in [0.2, 0.25) is 0 Å². The summed E-state index contributed by atoms with van der Waals surface area (Å²) in [6.07, 6.45) is 3.16. The van der Waals surface area contributed by atoms with Crippen LogP contribution in [0.5, 0.6) is 0 Å². The third-order valence-corrected chi connectivity index (χ3v) is 2.05. The molecule has 16 heavy (non-hydrogen) atoms. The smallest absolute Gasteiger partial charge is 0.159 e. The molecule has 0 bridgehead atoms. The van der Waals surface area contributed by atoms with Crippen molar-refractivity contribution in [2.75, 3.05) is 0 Å². The molecule has 86 valence electrons. The number of halogens is 2. The summed E-state index contributed by atoms with van der Waals surface area (Å²) in [5.74, 6) is -1.21. The Kier molecular flexibility index (Phi) is 4.35. The lowest BCUT2D eigenvalue weighted by Gasteiger charge is -2.00. The Morgan fingerprint density at radius 1 is 1.38 bits per heavy atom. The highest BCUT2D eigenvalue weighted by Crippen LogP contribution is 2.10. The van der Waals surface area contributed by atoms with Gasteiger partial charge >= 0.3 is 0 Å². The molecule has 0 radical (unpaired) electrons. The van der Waals surface area contributed by atoms with Crippen LogP contribution in [-0.2, 0) is 11.2 Å². The van der Waals surface area contributed by atoms with Gasteiger partial charge in [-0.15, -0.1) is 0 Å². The fraction of sp³-hybridized carbons (Fsp3) is 0.308. The van der Waals surface area contributed by atoms with Gasteiger partial charge in [0.1, 0.15) is 11.6 Å². The number of rotatable bonds is 4. The van der Waals surface area contributed by atoms with Gasteiger partial charge in [-0.3, -0.25) is 4.79 Å². The van der Waals surface area contributed by atoms with Crippen LogP contribution in [0.1, 0.15) is 19.4 Å². The lowest BCUT2D eigenvalue weighted by Crippen LogP contribution is -2.02. The Labute approximate surface area is 93.8 Å². The molecule has 0 aliphatic heterocycles. The van der Waals surface area contributed by atoms with Crippen molar-refractivity contribution in [2.45, 2.75) is 20.3 Å². The summed E-state index contributed by atoms with van der Waals surface area (Å²) in [6.45, 7) is 3.89. The van der Waals surface area contributed by atoms with Crippen molar-refractivity contribution in [3.8, 4) is 0 Å². The van der Waals surface area contributed by atoms with Gasteiger partial charge in [-0.2, -0.15) is 0 Å². The highest BCUT2D eigenvalue weighted by Gasteiger charge is 2.07. The lowest BCUT2D eigenvalue weighted by atomic mass is 10.1. The van der Waals surface area contributed by atoms with Gasteiger partial charge in [-0.25, -0.2) is 8.78 Å². The van der Waals surface area contributed by atoms with Crippen LogP contribution in [0, 0.1) is 17.6 Å². The van der Waals surface area contributed by atoms with Crippen molar-refractivity contribution in [2.24, 2.45) is 5.92 Å². The monoisotopic (exact) mass is 224 g/mol. The van der Waals surface area contributed by atoms with Crippen molar-refractivity contribution < 1.29 is 13.6 Å². The maximum absolute atomic E-state index is 13.2. The Morgan fingerprint density at radius 2 is 2.06 bits per heavy atom. The van der Waals surface area contributed by atoms with Crippen LogP contribution in [0.25, 0.3) is 0 Å². The van der Waals surface area contributed by atoms with Crippen LogP contribution in [0.15, 0.2) is 30.4 Å². The highest BCUT2D eigenvalue weighted by molar-refractivity contribution is 5.91. The van der Waals surface area contributed by atoms with E-state index in [0.717, 1.165) is 12.1 Å². The van der Waals surface area contributed by atoms with Crippen LogP contribution in [0.3, 0.4) is 0 Å². The third-order valence-electron chi connectivity index (χ3n) is 2.05.